The van der Waals surface area contributed by atoms with Gasteiger partial charge in [0.2, 0.25) is 0 Å². The molecule has 0 atom stereocenters. The molecule has 0 aliphatic carbocycles. The van der Waals surface area contributed by atoms with Gasteiger partial charge in [-0.3, -0.25) is 0 Å². The number of hydrogen-bond acceptors (Lipinski definition) is 2. The van der Waals surface area contributed by atoms with Crippen LogP contribution in [0.3, 0.4) is 0 Å². The van der Waals surface area contributed by atoms with Crippen molar-refractivity contribution in [3.63, 3.8) is 0 Å². The highest BCUT2D eigenvalue weighted by molar-refractivity contribution is 6.32. The summed E-state index contributed by atoms with van der Waals surface area (Å²) in [5, 5.41) is 0.859. The third-order valence-electron chi connectivity index (χ3n) is 3.59. The zero-order valence-corrected chi connectivity index (χ0v) is 13.1. The van der Waals surface area contributed by atoms with Gasteiger partial charge in [0.05, 0.1) is 7.11 Å². The zero-order valence-electron chi connectivity index (χ0n) is 12.3. The van der Waals surface area contributed by atoms with Gasteiger partial charge >= 0.3 is 0 Å². The van der Waals surface area contributed by atoms with Crippen molar-refractivity contribution < 1.29 is 4.74 Å². The fraction of sp³-hybridized carbons (Fsp3) is 0.600. The number of ether oxygens (including phenoxy) is 1. The maximum Gasteiger partial charge on any atom is 0.122 e. The van der Waals surface area contributed by atoms with Crippen molar-refractivity contribution in [1.82, 2.24) is 4.90 Å². The minimum absolute atomic E-state index is 0.553. The van der Waals surface area contributed by atoms with E-state index in [1.807, 2.05) is 13.0 Å². The van der Waals surface area contributed by atoms with Gasteiger partial charge in [-0.2, -0.15) is 0 Å². The Hall–Kier alpha value is -0.730. The van der Waals surface area contributed by atoms with E-state index in [0.717, 1.165) is 34.9 Å². The lowest BCUT2D eigenvalue weighted by molar-refractivity contribution is 0.276. The molecule has 0 aromatic heterocycles. The molecule has 0 bridgehead atoms. The molecule has 1 rings (SSSR count). The van der Waals surface area contributed by atoms with Crippen LogP contribution in [0.5, 0.6) is 5.75 Å². The number of halogens is 1. The fourth-order valence-electron chi connectivity index (χ4n) is 2.00. The van der Waals surface area contributed by atoms with E-state index in [4.69, 9.17) is 16.3 Å². The highest BCUT2D eigenvalue weighted by Crippen LogP contribution is 2.31. The van der Waals surface area contributed by atoms with Crippen LogP contribution < -0.4 is 4.74 Å². The summed E-state index contributed by atoms with van der Waals surface area (Å²) in [6.45, 7) is 9.50. The molecule has 0 heterocycles. The summed E-state index contributed by atoms with van der Waals surface area (Å²) in [7, 11) is 3.86. The van der Waals surface area contributed by atoms with Crippen LogP contribution in [-0.2, 0) is 6.42 Å². The minimum Gasteiger partial charge on any atom is -0.496 e. The van der Waals surface area contributed by atoms with Crippen LogP contribution in [0.4, 0.5) is 0 Å². The maximum absolute atomic E-state index is 6.32. The van der Waals surface area contributed by atoms with Gasteiger partial charge in [-0.05, 0) is 63.9 Å². The molecule has 3 heteroatoms. The molecule has 0 radical (unpaired) electrons. The lowest BCUT2D eigenvalue weighted by Gasteiger charge is -2.22. The Morgan fingerprint density at radius 3 is 2.44 bits per heavy atom. The zero-order chi connectivity index (χ0) is 13.9. The summed E-state index contributed by atoms with van der Waals surface area (Å²) < 4.78 is 5.48. The van der Waals surface area contributed by atoms with Crippen LogP contribution in [0.1, 0.15) is 30.5 Å². The summed E-state index contributed by atoms with van der Waals surface area (Å²) in [4.78, 5) is 2.33. The number of rotatable bonds is 5. The van der Waals surface area contributed by atoms with Crippen molar-refractivity contribution in [2.24, 2.45) is 0 Å². The second-order valence-corrected chi connectivity index (χ2v) is 5.52. The van der Waals surface area contributed by atoms with E-state index in [0.29, 0.717) is 6.04 Å². The van der Waals surface area contributed by atoms with E-state index >= 15 is 0 Å². The van der Waals surface area contributed by atoms with E-state index in [9.17, 15) is 0 Å². The van der Waals surface area contributed by atoms with Crippen molar-refractivity contribution in [1.29, 1.82) is 0 Å². The van der Waals surface area contributed by atoms with Crippen molar-refractivity contribution >= 4 is 11.6 Å². The molecule has 0 saturated carbocycles. The lowest BCUT2D eigenvalue weighted by Crippen LogP contribution is -2.28. The van der Waals surface area contributed by atoms with E-state index in [1.165, 1.54) is 5.56 Å². The van der Waals surface area contributed by atoms with Gasteiger partial charge in [0.15, 0.2) is 0 Å². The molecule has 0 aliphatic rings. The molecule has 1 aromatic rings. The SMILES string of the molecule is COc1cc(C)c(Cl)c(C)c1CCN(C)C(C)C. The highest BCUT2D eigenvalue weighted by Gasteiger charge is 2.13. The molecular weight excluding hydrogens is 246 g/mol. The van der Waals surface area contributed by atoms with Gasteiger partial charge in [0, 0.05) is 17.6 Å². The van der Waals surface area contributed by atoms with Gasteiger partial charge in [0.25, 0.3) is 0 Å². The van der Waals surface area contributed by atoms with Gasteiger partial charge in [0.1, 0.15) is 5.75 Å². The van der Waals surface area contributed by atoms with E-state index in [1.54, 1.807) is 7.11 Å². The van der Waals surface area contributed by atoms with Crippen LogP contribution in [0.15, 0.2) is 6.07 Å². The topological polar surface area (TPSA) is 12.5 Å². The first-order valence-corrected chi connectivity index (χ1v) is 6.79. The predicted octanol–water partition coefficient (Wildman–Crippen LogP) is 3.85. The minimum atomic E-state index is 0.553. The van der Waals surface area contributed by atoms with Crippen LogP contribution in [0, 0.1) is 13.8 Å². The summed E-state index contributed by atoms with van der Waals surface area (Å²) >= 11 is 6.32. The van der Waals surface area contributed by atoms with E-state index in [-0.39, 0.29) is 0 Å². The standard InChI is InChI=1S/C15H24ClNO/c1-10(2)17(5)8-7-13-12(4)15(16)11(3)9-14(13)18-6/h9-10H,7-8H2,1-6H3. The molecule has 0 spiro atoms. The van der Waals surface area contributed by atoms with Gasteiger partial charge < -0.3 is 9.64 Å². The molecule has 0 N–H and O–H groups in total. The third kappa shape index (κ3) is 3.39. The smallest absolute Gasteiger partial charge is 0.122 e. The largest absolute Gasteiger partial charge is 0.496 e. The average Bonchev–Trinajstić information content (AvgIpc) is 2.33. The first-order chi connectivity index (χ1) is 8.38. The Bertz CT molecular complexity index is 415. The molecule has 18 heavy (non-hydrogen) atoms. The second kappa shape index (κ2) is 6.44. The Morgan fingerprint density at radius 2 is 1.94 bits per heavy atom. The first kappa shape index (κ1) is 15.3. The van der Waals surface area contributed by atoms with Gasteiger partial charge in [-0.15, -0.1) is 0 Å². The van der Waals surface area contributed by atoms with Crippen molar-refractivity contribution in [2.75, 3.05) is 20.7 Å². The number of benzene rings is 1. The van der Waals surface area contributed by atoms with E-state index in [2.05, 4.69) is 32.7 Å². The molecule has 0 aliphatic heterocycles. The van der Waals surface area contributed by atoms with Crippen LogP contribution in [0.2, 0.25) is 5.02 Å². The van der Waals surface area contributed by atoms with Crippen LogP contribution in [-0.4, -0.2) is 31.6 Å². The molecule has 0 saturated heterocycles. The lowest BCUT2D eigenvalue weighted by atomic mass is 10.0. The molecule has 102 valence electrons. The average molecular weight is 270 g/mol. The predicted molar refractivity (Wildman–Crippen MR) is 78.9 cm³/mol. The van der Waals surface area contributed by atoms with Crippen LogP contribution >= 0.6 is 11.6 Å². The Balaban J connectivity index is 2.97. The summed E-state index contributed by atoms with van der Waals surface area (Å²) in [5.74, 6) is 0.951. The summed E-state index contributed by atoms with van der Waals surface area (Å²) in [5.41, 5.74) is 3.44. The quantitative estimate of drug-likeness (QED) is 0.805. The highest BCUT2D eigenvalue weighted by atomic mass is 35.5. The molecule has 0 unspecified atom stereocenters. The monoisotopic (exact) mass is 269 g/mol. The number of nitrogens with zero attached hydrogens (tertiary/aromatic N) is 1. The summed E-state index contributed by atoms with van der Waals surface area (Å²) in [6, 6.07) is 2.58. The number of hydrogen-bond donors (Lipinski definition) is 0. The molecule has 0 amide bonds. The maximum atomic E-state index is 6.32. The van der Waals surface area contributed by atoms with Crippen molar-refractivity contribution in [2.45, 2.75) is 40.2 Å². The van der Waals surface area contributed by atoms with Gasteiger partial charge in [-0.1, -0.05) is 11.6 Å². The Morgan fingerprint density at radius 1 is 1.33 bits per heavy atom. The number of aryl methyl sites for hydroxylation is 1. The first-order valence-electron chi connectivity index (χ1n) is 6.41. The number of methoxy groups -OCH3 is 1. The normalized spacial score (nSPS) is 11.4. The second-order valence-electron chi connectivity index (χ2n) is 5.14. The molecular formula is C15H24ClNO. The number of likely N-dealkylation sites (N-methyl/N-ethyl adjacent to an activating group) is 1. The van der Waals surface area contributed by atoms with E-state index < -0.39 is 0 Å². The third-order valence-corrected chi connectivity index (χ3v) is 4.17. The Kier molecular flexibility index (Phi) is 5.48. The molecule has 0 fully saturated rings. The van der Waals surface area contributed by atoms with Crippen molar-refractivity contribution in [3.05, 3.63) is 27.8 Å². The Labute approximate surface area is 116 Å². The van der Waals surface area contributed by atoms with Gasteiger partial charge in [-0.25, -0.2) is 0 Å². The molecule has 2 nitrogen and oxygen atoms in total. The fourth-order valence-corrected chi connectivity index (χ4v) is 2.17. The van der Waals surface area contributed by atoms with Crippen molar-refractivity contribution in [3.8, 4) is 5.75 Å². The van der Waals surface area contributed by atoms with Crippen LogP contribution in [0.25, 0.3) is 0 Å². The molecule has 1 aromatic carbocycles. The summed E-state index contributed by atoms with van der Waals surface area (Å²) in [6.07, 6.45) is 0.962.